The Labute approximate surface area is 139 Å². The lowest BCUT2D eigenvalue weighted by atomic mass is 9.81. The fraction of sp³-hybridized carbons (Fsp3) is 0.294. The maximum absolute atomic E-state index is 6.36. The lowest BCUT2D eigenvalue weighted by Gasteiger charge is -2.24. The molecule has 0 N–H and O–H groups in total. The zero-order valence-corrected chi connectivity index (χ0v) is 14.3. The van der Waals surface area contributed by atoms with E-state index in [4.69, 9.17) is 23.2 Å². The van der Waals surface area contributed by atoms with Crippen molar-refractivity contribution in [3.05, 3.63) is 63.5 Å². The molecule has 22 heavy (non-hydrogen) atoms. The van der Waals surface area contributed by atoms with Gasteiger partial charge < -0.3 is 0 Å². The highest BCUT2D eigenvalue weighted by Gasteiger charge is 2.29. The van der Waals surface area contributed by atoms with Gasteiger partial charge in [-0.05, 0) is 24.1 Å². The molecular formula is C17H17Cl2N3. The summed E-state index contributed by atoms with van der Waals surface area (Å²) in [7, 11) is 0. The number of fused-ring (bicyclic) bond motifs is 1. The van der Waals surface area contributed by atoms with Crippen molar-refractivity contribution in [1.29, 1.82) is 0 Å². The monoisotopic (exact) mass is 333 g/mol. The van der Waals surface area contributed by atoms with Crippen LogP contribution in [0.2, 0.25) is 10.2 Å². The Balaban J connectivity index is 2.17. The maximum Gasteiger partial charge on any atom is 0.157 e. The van der Waals surface area contributed by atoms with Gasteiger partial charge in [0.05, 0.1) is 5.69 Å². The molecule has 0 amide bonds. The number of hydrogen-bond acceptors (Lipinski definition) is 2. The highest BCUT2D eigenvalue weighted by Crippen LogP contribution is 2.35. The lowest BCUT2D eigenvalue weighted by Crippen LogP contribution is -2.20. The Kier molecular flexibility index (Phi) is 3.87. The quantitative estimate of drug-likeness (QED) is 0.636. The molecule has 0 aliphatic rings. The number of hydrogen-bond donors (Lipinski definition) is 0. The third-order valence-electron chi connectivity index (χ3n) is 3.99. The number of benzene rings is 1. The van der Waals surface area contributed by atoms with E-state index in [9.17, 15) is 0 Å². The minimum Gasteiger partial charge on any atom is -0.233 e. The Morgan fingerprint density at radius 3 is 2.55 bits per heavy atom. The number of aryl methyl sites for hydroxylation is 1. The van der Waals surface area contributed by atoms with Gasteiger partial charge in [-0.15, -0.1) is 0 Å². The molecule has 0 bridgehead atoms. The molecule has 1 aromatic carbocycles. The molecule has 5 heteroatoms. The van der Waals surface area contributed by atoms with Crippen LogP contribution in [0.25, 0.3) is 5.65 Å². The molecule has 0 aliphatic carbocycles. The SMILES string of the molecule is CCc1cc(Cl)n2nc(C(C)(C)c3ccccc3Cl)cc2n1. The van der Waals surface area contributed by atoms with Gasteiger partial charge in [-0.25, -0.2) is 9.50 Å². The number of nitrogens with zero attached hydrogens (tertiary/aromatic N) is 3. The van der Waals surface area contributed by atoms with E-state index in [2.05, 4.69) is 30.9 Å². The van der Waals surface area contributed by atoms with Crippen LogP contribution >= 0.6 is 23.2 Å². The zero-order chi connectivity index (χ0) is 15.9. The normalized spacial score (nSPS) is 12.0. The van der Waals surface area contributed by atoms with Crippen LogP contribution in [-0.2, 0) is 11.8 Å². The van der Waals surface area contributed by atoms with Crippen LogP contribution < -0.4 is 0 Å². The van der Waals surface area contributed by atoms with Crippen molar-refractivity contribution in [1.82, 2.24) is 14.6 Å². The fourth-order valence-electron chi connectivity index (χ4n) is 2.58. The Bertz CT molecular complexity index is 837. The summed E-state index contributed by atoms with van der Waals surface area (Å²) in [5.41, 5.74) is 3.32. The van der Waals surface area contributed by atoms with Crippen molar-refractivity contribution in [2.24, 2.45) is 0 Å². The third kappa shape index (κ3) is 2.49. The first-order valence-electron chi connectivity index (χ1n) is 7.24. The largest absolute Gasteiger partial charge is 0.233 e. The smallest absolute Gasteiger partial charge is 0.157 e. The predicted molar refractivity (Wildman–Crippen MR) is 91.0 cm³/mol. The summed E-state index contributed by atoms with van der Waals surface area (Å²) in [5.74, 6) is 0. The van der Waals surface area contributed by atoms with Gasteiger partial charge in [-0.2, -0.15) is 5.10 Å². The first-order chi connectivity index (χ1) is 10.4. The van der Waals surface area contributed by atoms with Crippen molar-refractivity contribution in [3.63, 3.8) is 0 Å². The molecule has 0 unspecified atom stereocenters. The van der Waals surface area contributed by atoms with E-state index in [1.165, 1.54) is 0 Å². The van der Waals surface area contributed by atoms with Gasteiger partial charge in [0.1, 0.15) is 5.15 Å². The maximum atomic E-state index is 6.36. The van der Waals surface area contributed by atoms with Gasteiger partial charge in [-0.1, -0.05) is 62.2 Å². The zero-order valence-electron chi connectivity index (χ0n) is 12.8. The standard InChI is InChI=1S/C17H17Cl2N3/c1-4-11-9-15(19)22-16(20-11)10-14(21-22)17(2,3)12-7-5-6-8-13(12)18/h5-10H,4H2,1-3H3. The molecule has 0 aliphatic heterocycles. The second-order valence-corrected chi connectivity index (χ2v) is 6.62. The van der Waals surface area contributed by atoms with Crippen LogP contribution in [0.3, 0.4) is 0 Å². The van der Waals surface area contributed by atoms with E-state index in [1.54, 1.807) is 4.52 Å². The third-order valence-corrected chi connectivity index (χ3v) is 4.59. The molecule has 0 saturated carbocycles. The summed E-state index contributed by atoms with van der Waals surface area (Å²) in [6.07, 6.45) is 0.838. The van der Waals surface area contributed by atoms with Crippen molar-refractivity contribution in [3.8, 4) is 0 Å². The molecule has 2 heterocycles. The average Bonchev–Trinajstić information content (AvgIpc) is 2.92. The molecule has 0 spiro atoms. The highest BCUT2D eigenvalue weighted by atomic mass is 35.5. The average molecular weight is 334 g/mol. The van der Waals surface area contributed by atoms with Gasteiger partial charge in [0.15, 0.2) is 5.65 Å². The van der Waals surface area contributed by atoms with Gasteiger partial charge >= 0.3 is 0 Å². The number of aromatic nitrogens is 3. The van der Waals surface area contributed by atoms with Gasteiger partial charge in [-0.3, -0.25) is 0 Å². The second-order valence-electron chi connectivity index (χ2n) is 5.83. The van der Waals surface area contributed by atoms with Crippen molar-refractivity contribution >= 4 is 28.8 Å². The lowest BCUT2D eigenvalue weighted by molar-refractivity contribution is 0.608. The Morgan fingerprint density at radius 1 is 1.14 bits per heavy atom. The van der Waals surface area contributed by atoms with Crippen molar-refractivity contribution in [2.75, 3.05) is 0 Å². The topological polar surface area (TPSA) is 30.2 Å². The van der Waals surface area contributed by atoms with Crippen molar-refractivity contribution in [2.45, 2.75) is 32.6 Å². The van der Waals surface area contributed by atoms with Gasteiger partial charge in [0.25, 0.3) is 0 Å². The summed E-state index contributed by atoms with van der Waals surface area (Å²) < 4.78 is 1.68. The molecule has 2 aromatic heterocycles. The van der Waals surface area contributed by atoms with Crippen molar-refractivity contribution < 1.29 is 0 Å². The summed E-state index contributed by atoms with van der Waals surface area (Å²) in [6, 6.07) is 11.7. The van der Waals surface area contributed by atoms with Crippen LogP contribution in [0.1, 0.15) is 37.7 Å². The molecule has 3 aromatic rings. The summed E-state index contributed by atoms with van der Waals surface area (Å²) in [4.78, 5) is 4.59. The number of halogens is 2. The van der Waals surface area contributed by atoms with E-state index in [0.717, 1.165) is 34.0 Å². The molecule has 114 valence electrons. The van der Waals surface area contributed by atoms with E-state index < -0.39 is 0 Å². The summed E-state index contributed by atoms with van der Waals surface area (Å²) in [6.45, 7) is 6.26. The second kappa shape index (κ2) is 5.56. The summed E-state index contributed by atoms with van der Waals surface area (Å²) in [5, 5.41) is 5.95. The van der Waals surface area contributed by atoms with Gasteiger partial charge in [0, 0.05) is 22.2 Å². The molecule has 0 fully saturated rings. The van der Waals surface area contributed by atoms with Gasteiger partial charge in [0.2, 0.25) is 0 Å². The molecule has 3 nitrogen and oxygen atoms in total. The molecule has 0 atom stereocenters. The van der Waals surface area contributed by atoms with E-state index in [-0.39, 0.29) is 5.41 Å². The van der Waals surface area contributed by atoms with Crippen LogP contribution in [-0.4, -0.2) is 14.6 Å². The molecule has 0 radical (unpaired) electrons. The minimum absolute atomic E-state index is 0.332. The molecule has 3 rings (SSSR count). The van der Waals surface area contributed by atoms with Crippen LogP contribution in [0.5, 0.6) is 0 Å². The first-order valence-corrected chi connectivity index (χ1v) is 7.99. The van der Waals surface area contributed by atoms with E-state index in [1.807, 2.05) is 36.4 Å². The van der Waals surface area contributed by atoms with Crippen LogP contribution in [0.15, 0.2) is 36.4 Å². The Morgan fingerprint density at radius 2 is 1.86 bits per heavy atom. The van der Waals surface area contributed by atoms with Crippen LogP contribution in [0, 0.1) is 0 Å². The molecular weight excluding hydrogens is 317 g/mol. The van der Waals surface area contributed by atoms with E-state index in [0.29, 0.717) is 5.15 Å². The first kappa shape index (κ1) is 15.3. The predicted octanol–water partition coefficient (Wildman–Crippen LogP) is 4.92. The Hall–Kier alpha value is -1.58. The fourth-order valence-corrected chi connectivity index (χ4v) is 3.20. The van der Waals surface area contributed by atoms with Crippen LogP contribution in [0.4, 0.5) is 0 Å². The highest BCUT2D eigenvalue weighted by molar-refractivity contribution is 6.31. The number of rotatable bonds is 3. The minimum atomic E-state index is -0.332. The van der Waals surface area contributed by atoms with E-state index >= 15 is 0 Å². The summed E-state index contributed by atoms with van der Waals surface area (Å²) >= 11 is 12.7. The molecule has 0 saturated heterocycles.